The molecule has 0 aliphatic heterocycles. The Labute approximate surface area is 99.0 Å². The van der Waals surface area contributed by atoms with Crippen LogP contribution in [-0.2, 0) is 9.53 Å². The largest absolute Gasteiger partial charge is 0.383 e. The van der Waals surface area contributed by atoms with Gasteiger partial charge in [-0.25, -0.2) is 4.98 Å². The maximum atomic E-state index is 11.6. The van der Waals surface area contributed by atoms with Crippen LogP contribution in [0.25, 0.3) is 0 Å². The average molecular weight is 243 g/mol. The molecule has 90 valence electrons. The van der Waals surface area contributed by atoms with E-state index in [0.717, 1.165) is 10.7 Å². The molecule has 2 unspecified atom stereocenters. The molecule has 0 fully saturated rings. The molecule has 1 heterocycles. The van der Waals surface area contributed by atoms with Crippen LogP contribution in [0.3, 0.4) is 0 Å². The van der Waals surface area contributed by atoms with Crippen molar-refractivity contribution in [1.29, 1.82) is 0 Å². The first kappa shape index (κ1) is 13.1. The number of hydrogen-bond donors (Lipinski definition) is 2. The minimum absolute atomic E-state index is 0.117. The van der Waals surface area contributed by atoms with Crippen molar-refractivity contribution in [1.82, 2.24) is 10.3 Å². The Balaban J connectivity index is 2.51. The number of thiazole rings is 1. The van der Waals surface area contributed by atoms with E-state index in [1.165, 1.54) is 18.4 Å². The van der Waals surface area contributed by atoms with Crippen molar-refractivity contribution in [3.63, 3.8) is 0 Å². The summed E-state index contributed by atoms with van der Waals surface area (Å²) >= 11 is 1.53. The number of amides is 1. The molecule has 6 heteroatoms. The summed E-state index contributed by atoms with van der Waals surface area (Å²) in [6.07, 6.45) is 0. The number of nitrogens with zero attached hydrogens (tertiary/aromatic N) is 1. The van der Waals surface area contributed by atoms with E-state index in [-0.39, 0.29) is 18.6 Å². The first-order valence-corrected chi connectivity index (χ1v) is 5.89. The first-order valence-electron chi connectivity index (χ1n) is 5.01. The fourth-order valence-electron chi connectivity index (χ4n) is 1.21. The number of carbonyl (C=O) groups excluding carboxylic acids is 1. The van der Waals surface area contributed by atoms with E-state index < -0.39 is 6.04 Å². The van der Waals surface area contributed by atoms with Gasteiger partial charge in [-0.3, -0.25) is 4.79 Å². The molecule has 0 saturated carbocycles. The maximum absolute atomic E-state index is 11.6. The van der Waals surface area contributed by atoms with Crippen molar-refractivity contribution in [3.8, 4) is 0 Å². The van der Waals surface area contributed by atoms with Gasteiger partial charge in [0.05, 0.1) is 12.6 Å². The Morgan fingerprint density at radius 3 is 2.94 bits per heavy atom. The summed E-state index contributed by atoms with van der Waals surface area (Å²) in [6.45, 7) is 4.02. The van der Waals surface area contributed by atoms with Gasteiger partial charge in [-0.1, -0.05) is 0 Å². The number of ether oxygens (including phenoxy) is 1. The highest BCUT2D eigenvalue weighted by Crippen LogP contribution is 2.17. The molecule has 0 aromatic carbocycles. The fraction of sp³-hybridized carbons (Fsp3) is 0.600. The van der Waals surface area contributed by atoms with Gasteiger partial charge in [0, 0.05) is 18.2 Å². The standard InChI is InChI=1S/C10H17N3O2S/c1-6-5-16-10(12-6)7(2)13-9(14)8(11)4-15-3/h5,7-8H,4,11H2,1-3H3,(H,13,14). The summed E-state index contributed by atoms with van der Waals surface area (Å²) in [7, 11) is 1.51. The van der Waals surface area contributed by atoms with Gasteiger partial charge in [0.1, 0.15) is 11.0 Å². The van der Waals surface area contributed by atoms with Gasteiger partial charge in [0.25, 0.3) is 0 Å². The van der Waals surface area contributed by atoms with Crippen LogP contribution in [0.1, 0.15) is 23.7 Å². The lowest BCUT2D eigenvalue weighted by molar-refractivity contribution is -0.124. The second kappa shape index (κ2) is 5.93. The highest BCUT2D eigenvalue weighted by atomic mass is 32.1. The molecule has 1 aromatic rings. The predicted molar refractivity (Wildman–Crippen MR) is 63.3 cm³/mol. The Kier molecular flexibility index (Phi) is 4.85. The summed E-state index contributed by atoms with van der Waals surface area (Å²) < 4.78 is 4.82. The van der Waals surface area contributed by atoms with Crippen LogP contribution in [0.4, 0.5) is 0 Å². The van der Waals surface area contributed by atoms with Gasteiger partial charge in [0.2, 0.25) is 5.91 Å². The van der Waals surface area contributed by atoms with Crippen LogP contribution < -0.4 is 11.1 Å². The molecule has 2 atom stereocenters. The molecule has 0 bridgehead atoms. The fourth-order valence-corrected chi connectivity index (χ4v) is 2.01. The van der Waals surface area contributed by atoms with Crippen LogP contribution in [0.15, 0.2) is 5.38 Å². The van der Waals surface area contributed by atoms with E-state index in [0.29, 0.717) is 0 Å². The number of nitrogens with one attached hydrogen (secondary N) is 1. The highest BCUT2D eigenvalue weighted by molar-refractivity contribution is 7.09. The highest BCUT2D eigenvalue weighted by Gasteiger charge is 2.17. The Morgan fingerprint density at radius 2 is 2.44 bits per heavy atom. The summed E-state index contributed by atoms with van der Waals surface area (Å²) in [5.41, 5.74) is 6.57. The lowest BCUT2D eigenvalue weighted by Crippen LogP contribution is -2.44. The third kappa shape index (κ3) is 3.55. The lowest BCUT2D eigenvalue weighted by atomic mass is 10.2. The van der Waals surface area contributed by atoms with Crippen molar-refractivity contribution < 1.29 is 9.53 Å². The zero-order valence-electron chi connectivity index (χ0n) is 9.69. The predicted octanol–water partition coefficient (Wildman–Crippen LogP) is 0.602. The number of hydrogen-bond acceptors (Lipinski definition) is 5. The summed E-state index contributed by atoms with van der Waals surface area (Å²) in [6, 6.07) is -0.748. The van der Waals surface area contributed by atoms with E-state index in [1.807, 2.05) is 19.2 Å². The summed E-state index contributed by atoms with van der Waals surface area (Å²) in [5, 5.41) is 5.63. The summed E-state index contributed by atoms with van der Waals surface area (Å²) in [4.78, 5) is 15.9. The molecule has 16 heavy (non-hydrogen) atoms. The molecular weight excluding hydrogens is 226 g/mol. The van der Waals surface area contributed by atoms with E-state index in [4.69, 9.17) is 10.5 Å². The normalized spacial score (nSPS) is 14.5. The number of rotatable bonds is 5. The third-order valence-corrected chi connectivity index (χ3v) is 3.19. The zero-order chi connectivity index (χ0) is 12.1. The van der Waals surface area contributed by atoms with E-state index in [9.17, 15) is 4.79 Å². The number of aryl methyl sites for hydroxylation is 1. The van der Waals surface area contributed by atoms with Crippen LogP contribution in [0.5, 0.6) is 0 Å². The van der Waals surface area contributed by atoms with Gasteiger partial charge < -0.3 is 15.8 Å². The smallest absolute Gasteiger partial charge is 0.239 e. The average Bonchev–Trinajstić information content (AvgIpc) is 2.65. The molecule has 0 saturated heterocycles. The molecule has 0 aliphatic carbocycles. The second-order valence-corrected chi connectivity index (χ2v) is 4.51. The molecule has 3 N–H and O–H groups in total. The van der Waals surface area contributed by atoms with E-state index in [2.05, 4.69) is 10.3 Å². The van der Waals surface area contributed by atoms with Crippen molar-refractivity contribution in [3.05, 3.63) is 16.1 Å². The molecule has 1 rings (SSSR count). The van der Waals surface area contributed by atoms with Gasteiger partial charge in [-0.05, 0) is 13.8 Å². The Hall–Kier alpha value is -0.980. The van der Waals surface area contributed by atoms with Gasteiger partial charge >= 0.3 is 0 Å². The minimum atomic E-state index is -0.631. The molecule has 0 aliphatic rings. The monoisotopic (exact) mass is 243 g/mol. The number of aromatic nitrogens is 1. The number of carbonyl (C=O) groups is 1. The molecule has 0 radical (unpaired) electrons. The lowest BCUT2D eigenvalue weighted by Gasteiger charge is -2.15. The summed E-state index contributed by atoms with van der Waals surface area (Å²) in [5.74, 6) is -0.220. The third-order valence-electron chi connectivity index (χ3n) is 2.05. The Morgan fingerprint density at radius 1 is 1.75 bits per heavy atom. The second-order valence-electron chi connectivity index (χ2n) is 3.62. The molecule has 5 nitrogen and oxygen atoms in total. The topological polar surface area (TPSA) is 77.2 Å². The van der Waals surface area contributed by atoms with Gasteiger partial charge in [-0.15, -0.1) is 11.3 Å². The SMILES string of the molecule is COCC(N)C(=O)NC(C)c1nc(C)cs1. The molecule has 1 amide bonds. The van der Waals surface area contributed by atoms with Crippen molar-refractivity contribution >= 4 is 17.2 Å². The Bertz CT molecular complexity index is 354. The van der Waals surface area contributed by atoms with Crippen LogP contribution in [0.2, 0.25) is 0 Å². The molecule has 0 spiro atoms. The van der Waals surface area contributed by atoms with Crippen molar-refractivity contribution in [2.45, 2.75) is 25.9 Å². The van der Waals surface area contributed by atoms with Crippen molar-refractivity contribution in [2.75, 3.05) is 13.7 Å². The van der Waals surface area contributed by atoms with Crippen molar-refractivity contribution in [2.24, 2.45) is 5.73 Å². The minimum Gasteiger partial charge on any atom is -0.383 e. The van der Waals surface area contributed by atoms with Crippen LogP contribution in [0, 0.1) is 6.92 Å². The molecule has 1 aromatic heterocycles. The zero-order valence-corrected chi connectivity index (χ0v) is 10.5. The quantitative estimate of drug-likeness (QED) is 0.794. The van der Waals surface area contributed by atoms with Crippen LogP contribution >= 0.6 is 11.3 Å². The molecular formula is C10H17N3O2S. The maximum Gasteiger partial charge on any atom is 0.239 e. The van der Waals surface area contributed by atoms with Crippen LogP contribution in [-0.4, -0.2) is 30.6 Å². The van der Waals surface area contributed by atoms with Gasteiger partial charge in [0.15, 0.2) is 0 Å². The van der Waals surface area contributed by atoms with E-state index in [1.54, 1.807) is 0 Å². The number of nitrogens with two attached hydrogens (primary N) is 1. The first-order chi connectivity index (χ1) is 7.54. The van der Waals surface area contributed by atoms with Gasteiger partial charge in [-0.2, -0.15) is 0 Å². The van der Waals surface area contributed by atoms with E-state index >= 15 is 0 Å². The number of methoxy groups -OCH3 is 1.